The number of benzene rings is 1. The maximum atomic E-state index is 6.21. The fourth-order valence-electron chi connectivity index (χ4n) is 2.48. The maximum absolute atomic E-state index is 6.21. The summed E-state index contributed by atoms with van der Waals surface area (Å²) in [6, 6.07) is 12.2. The monoisotopic (exact) mass is 300 g/mol. The van der Waals surface area contributed by atoms with Gasteiger partial charge in [0.2, 0.25) is 0 Å². The molecule has 1 unspecified atom stereocenters. The van der Waals surface area contributed by atoms with E-state index in [9.17, 15) is 0 Å². The number of hydrogen-bond acceptors (Lipinski definition) is 3. The van der Waals surface area contributed by atoms with Crippen molar-refractivity contribution in [2.75, 3.05) is 6.54 Å². The molecular weight excluding hydrogens is 284 g/mol. The Morgan fingerprint density at radius 3 is 2.90 bits per heavy atom. The van der Waals surface area contributed by atoms with Crippen LogP contribution in [-0.4, -0.2) is 11.5 Å². The number of para-hydroxylation sites is 1. The lowest BCUT2D eigenvalue weighted by atomic mass is 10.0. The summed E-state index contributed by atoms with van der Waals surface area (Å²) in [5.74, 6) is 0.936. The van der Waals surface area contributed by atoms with E-state index in [4.69, 9.17) is 16.0 Å². The highest BCUT2D eigenvalue weighted by atomic mass is 35.5. The molecule has 0 aliphatic carbocycles. The van der Waals surface area contributed by atoms with Gasteiger partial charge in [0, 0.05) is 17.8 Å². The van der Waals surface area contributed by atoms with E-state index in [0.717, 1.165) is 35.3 Å². The van der Waals surface area contributed by atoms with Crippen molar-refractivity contribution in [2.45, 2.75) is 19.4 Å². The summed E-state index contributed by atoms with van der Waals surface area (Å²) in [7, 11) is 0. The maximum Gasteiger partial charge on any atom is 0.134 e. The minimum Gasteiger partial charge on any atom is -0.459 e. The van der Waals surface area contributed by atoms with Gasteiger partial charge < -0.3 is 9.73 Å². The number of likely N-dealkylation sites (N-methyl/N-ethyl adjacent to an activating group) is 1. The zero-order valence-corrected chi connectivity index (χ0v) is 12.6. The highest BCUT2D eigenvalue weighted by Crippen LogP contribution is 2.27. The van der Waals surface area contributed by atoms with Crippen LogP contribution in [0.2, 0.25) is 5.02 Å². The lowest BCUT2D eigenvalue weighted by molar-refractivity contribution is 0.435. The van der Waals surface area contributed by atoms with Gasteiger partial charge in [-0.15, -0.1) is 0 Å². The van der Waals surface area contributed by atoms with Crippen LogP contribution in [0.3, 0.4) is 0 Å². The molecule has 1 N–H and O–H groups in total. The normalized spacial score (nSPS) is 12.7. The van der Waals surface area contributed by atoms with E-state index < -0.39 is 0 Å². The molecule has 0 fully saturated rings. The summed E-state index contributed by atoms with van der Waals surface area (Å²) in [5, 5.41) is 5.28. The highest BCUT2D eigenvalue weighted by molar-refractivity contribution is 6.31. The van der Waals surface area contributed by atoms with Crippen molar-refractivity contribution in [1.82, 2.24) is 10.3 Å². The Morgan fingerprint density at radius 2 is 2.14 bits per heavy atom. The molecule has 2 heterocycles. The average Bonchev–Trinajstić information content (AvgIpc) is 2.93. The standard InChI is InChI=1S/C17H17ClN2O/c1-2-20-15(9-12-7-8-19-11-14(12)18)17-10-13-5-3-4-6-16(13)21-17/h3-8,10-11,15,20H,2,9H2,1H3. The van der Waals surface area contributed by atoms with Crippen LogP contribution in [0.4, 0.5) is 0 Å². The first-order valence-electron chi connectivity index (χ1n) is 7.08. The Morgan fingerprint density at radius 1 is 1.29 bits per heavy atom. The Kier molecular flexibility index (Phi) is 4.23. The van der Waals surface area contributed by atoms with E-state index in [0.29, 0.717) is 5.02 Å². The van der Waals surface area contributed by atoms with Crippen LogP contribution in [-0.2, 0) is 6.42 Å². The molecule has 2 aromatic heterocycles. The molecule has 1 atom stereocenters. The third-order valence-electron chi connectivity index (χ3n) is 3.52. The molecule has 0 amide bonds. The van der Waals surface area contributed by atoms with Gasteiger partial charge in [0.25, 0.3) is 0 Å². The minimum atomic E-state index is 0.0994. The number of furan rings is 1. The Hall–Kier alpha value is -1.84. The quantitative estimate of drug-likeness (QED) is 0.760. The van der Waals surface area contributed by atoms with Crippen LogP contribution in [0, 0.1) is 0 Å². The summed E-state index contributed by atoms with van der Waals surface area (Å²) >= 11 is 6.21. The first-order valence-corrected chi connectivity index (χ1v) is 7.46. The molecular formula is C17H17ClN2O. The van der Waals surface area contributed by atoms with Crippen molar-refractivity contribution in [3.8, 4) is 0 Å². The van der Waals surface area contributed by atoms with Crippen LogP contribution in [0.15, 0.2) is 53.2 Å². The van der Waals surface area contributed by atoms with E-state index >= 15 is 0 Å². The Labute approximate surface area is 128 Å². The summed E-state index contributed by atoms with van der Waals surface area (Å²) in [6.45, 7) is 2.95. The topological polar surface area (TPSA) is 38.1 Å². The second kappa shape index (κ2) is 6.29. The zero-order valence-electron chi connectivity index (χ0n) is 11.8. The van der Waals surface area contributed by atoms with Gasteiger partial charge in [-0.25, -0.2) is 0 Å². The molecule has 1 aromatic carbocycles. The minimum absolute atomic E-state index is 0.0994. The van der Waals surface area contributed by atoms with E-state index in [1.807, 2.05) is 24.3 Å². The second-order valence-corrected chi connectivity index (χ2v) is 5.38. The van der Waals surface area contributed by atoms with E-state index in [2.05, 4.69) is 29.4 Å². The number of hydrogen-bond donors (Lipinski definition) is 1. The predicted octanol–water partition coefficient (Wildman–Crippen LogP) is 4.37. The number of nitrogens with zero attached hydrogens (tertiary/aromatic N) is 1. The lowest BCUT2D eigenvalue weighted by Gasteiger charge is -2.16. The number of rotatable bonds is 5. The molecule has 0 aliphatic heterocycles. The molecule has 0 radical (unpaired) electrons. The highest BCUT2D eigenvalue weighted by Gasteiger charge is 2.17. The van der Waals surface area contributed by atoms with Crippen LogP contribution < -0.4 is 5.32 Å². The smallest absolute Gasteiger partial charge is 0.134 e. The van der Waals surface area contributed by atoms with Crippen molar-refractivity contribution in [1.29, 1.82) is 0 Å². The van der Waals surface area contributed by atoms with Gasteiger partial charge in [0.1, 0.15) is 11.3 Å². The molecule has 4 heteroatoms. The van der Waals surface area contributed by atoms with E-state index in [-0.39, 0.29) is 6.04 Å². The first kappa shape index (κ1) is 14.1. The number of pyridine rings is 1. The van der Waals surface area contributed by atoms with Gasteiger partial charge in [-0.05, 0) is 36.7 Å². The van der Waals surface area contributed by atoms with Crippen molar-refractivity contribution in [3.63, 3.8) is 0 Å². The molecule has 0 bridgehead atoms. The fraction of sp³-hybridized carbons (Fsp3) is 0.235. The van der Waals surface area contributed by atoms with Gasteiger partial charge in [-0.1, -0.05) is 36.7 Å². The van der Waals surface area contributed by atoms with Crippen molar-refractivity contribution < 1.29 is 4.42 Å². The third-order valence-corrected chi connectivity index (χ3v) is 3.86. The third kappa shape index (κ3) is 3.09. The van der Waals surface area contributed by atoms with Crippen molar-refractivity contribution in [2.24, 2.45) is 0 Å². The van der Waals surface area contributed by atoms with Gasteiger partial charge in [-0.3, -0.25) is 4.98 Å². The van der Waals surface area contributed by atoms with Gasteiger partial charge in [-0.2, -0.15) is 0 Å². The average molecular weight is 301 g/mol. The van der Waals surface area contributed by atoms with Crippen LogP contribution in [0.1, 0.15) is 24.3 Å². The molecule has 0 saturated carbocycles. The molecule has 3 aromatic rings. The number of nitrogens with one attached hydrogen (secondary N) is 1. The van der Waals surface area contributed by atoms with Crippen LogP contribution >= 0.6 is 11.6 Å². The Balaban J connectivity index is 1.92. The largest absolute Gasteiger partial charge is 0.459 e. The molecule has 108 valence electrons. The number of halogens is 1. The van der Waals surface area contributed by atoms with Gasteiger partial charge in [0.05, 0.1) is 11.1 Å². The van der Waals surface area contributed by atoms with Crippen molar-refractivity contribution in [3.05, 3.63) is 65.1 Å². The fourth-order valence-corrected chi connectivity index (χ4v) is 2.68. The van der Waals surface area contributed by atoms with Crippen LogP contribution in [0.25, 0.3) is 11.0 Å². The number of aromatic nitrogens is 1. The van der Waals surface area contributed by atoms with Gasteiger partial charge in [0.15, 0.2) is 0 Å². The van der Waals surface area contributed by atoms with E-state index in [1.54, 1.807) is 12.4 Å². The summed E-state index contributed by atoms with van der Waals surface area (Å²) < 4.78 is 5.97. The Bertz CT molecular complexity index is 705. The van der Waals surface area contributed by atoms with Crippen LogP contribution in [0.5, 0.6) is 0 Å². The molecule has 0 aliphatic rings. The summed E-state index contributed by atoms with van der Waals surface area (Å²) in [4.78, 5) is 4.03. The van der Waals surface area contributed by atoms with Gasteiger partial charge >= 0.3 is 0 Å². The molecule has 0 saturated heterocycles. The predicted molar refractivity (Wildman–Crippen MR) is 85.6 cm³/mol. The van der Waals surface area contributed by atoms with E-state index in [1.165, 1.54) is 0 Å². The summed E-state index contributed by atoms with van der Waals surface area (Å²) in [5.41, 5.74) is 1.98. The number of fused-ring (bicyclic) bond motifs is 1. The lowest BCUT2D eigenvalue weighted by Crippen LogP contribution is -2.22. The molecule has 3 rings (SSSR count). The SMILES string of the molecule is CCNC(Cc1ccncc1Cl)c1cc2ccccc2o1. The molecule has 0 spiro atoms. The zero-order chi connectivity index (χ0) is 14.7. The molecule has 3 nitrogen and oxygen atoms in total. The second-order valence-electron chi connectivity index (χ2n) is 4.97. The van der Waals surface area contributed by atoms with Crippen molar-refractivity contribution >= 4 is 22.6 Å². The first-order chi connectivity index (χ1) is 10.3. The molecule has 21 heavy (non-hydrogen) atoms. The summed E-state index contributed by atoms with van der Waals surface area (Å²) in [6.07, 6.45) is 4.22.